The summed E-state index contributed by atoms with van der Waals surface area (Å²) >= 11 is 6.10. The van der Waals surface area contributed by atoms with Gasteiger partial charge >= 0.3 is 0 Å². The van der Waals surface area contributed by atoms with Gasteiger partial charge in [-0.25, -0.2) is 0 Å². The van der Waals surface area contributed by atoms with Crippen LogP contribution >= 0.6 is 11.6 Å². The molecule has 0 aliphatic rings. The molecule has 0 aliphatic carbocycles. The lowest BCUT2D eigenvalue weighted by atomic mass is 10.1. The monoisotopic (exact) mass is 368 g/mol. The van der Waals surface area contributed by atoms with Crippen molar-refractivity contribution in [2.24, 2.45) is 0 Å². The van der Waals surface area contributed by atoms with Crippen molar-refractivity contribution in [3.8, 4) is 17.0 Å². The van der Waals surface area contributed by atoms with E-state index in [2.05, 4.69) is 20.5 Å². The average Bonchev–Trinajstić information content (AvgIpc) is 3.30. The van der Waals surface area contributed by atoms with Crippen LogP contribution in [0.4, 0.5) is 5.69 Å². The molecule has 0 saturated heterocycles. The van der Waals surface area contributed by atoms with Gasteiger partial charge in [-0.1, -0.05) is 11.6 Å². The van der Waals surface area contributed by atoms with Crippen molar-refractivity contribution in [2.75, 3.05) is 12.4 Å². The lowest BCUT2D eigenvalue weighted by Crippen LogP contribution is -2.12. The van der Waals surface area contributed by atoms with Crippen LogP contribution in [0.5, 0.6) is 5.75 Å². The molecular formula is C18H13ClN4O3. The molecule has 0 bridgehead atoms. The highest BCUT2D eigenvalue weighted by Gasteiger charge is 2.18. The number of carbonyl (C=O) groups is 1. The van der Waals surface area contributed by atoms with Crippen LogP contribution in [0.2, 0.25) is 5.02 Å². The van der Waals surface area contributed by atoms with Gasteiger partial charge in [0, 0.05) is 28.4 Å². The molecule has 0 fully saturated rings. The van der Waals surface area contributed by atoms with Crippen LogP contribution in [0.15, 0.2) is 53.5 Å². The molecule has 130 valence electrons. The number of anilines is 1. The number of aromatic amines is 1. The number of hydrogen-bond donors (Lipinski definition) is 2. The zero-order chi connectivity index (χ0) is 18.1. The number of H-pyrrole nitrogens is 1. The van der Waals surface area contributed by atoms with Crippen LogP contribution in [0.3, 0.4) is 0 Å². The molecule has 0 radical (unpaired) electrons. The molecule has 4 rings (SSSR count). The summed E-state index contributed by atoms with van der Waals surface area (Å²) in [7, 11) is 1.56. The highest BCUT2D eigenvalue weighted by molar-refractivity contribution is 6.31. The zero-order valence-corrected chi connectivity index (χ0v) is 14.4. The Kier molecular flexibility index (Phi) is 4.06. The fourth-order valence-corrected chi connectivity index (χ4v) is 2.88. The molecule has 3 aromatic heterocycles. The van der Waals surface area contributed by atoms with Gasteiger partial charge in [0.15, 0.2) is 0 Å². The van der Waals surface area contributed by atoms with Gasteiger partial charge in [0.2, 0.25) is 0 Å². The topological polar surface area (TPSA) is 93.0 Å². The Balaban J connectivity index is 1.71. The summed E-state index contributed by atoms with van der Waals surface area (Å²) in [6.07, 6.45) is 6.13. The Morgan fingerprint density at radius 3 is 3.00 bits per heavy atom. The third kappa shape index (κ3) is 2.78. The van der Waals surface area contributed by atoms with Crippen LogP contribution in [0.25, 0.3) is 22.2 Å². The molecule has 0 saturated carbocycles. The standard InChI is InChI=1S/C18H13ClN4O3/c1-25-15-3-2-11(19)6-12(15)16-14(9-21-23-16)22-18(24)13-8-20-7-10-4-5-26-17(10)13/h2-9H,1H3,(H,21,23)(H,22,24). The normalized spacial score (nSPS) is 10.8. The number of pyridine rings is 1. The maximum Gasteiger partial charge on any atom is 0.261 e. The smallest absolute Gasteiger partial charge is 0.261 e. The summed E-state index contributed by atoms with van der Waals surface area (Å²) in [5, 5.41) is 11.0. The number of carbonyl (C=O) groups excluding carboxylic acids is 1. The second-order valence-electron chi connectivity index (χ2n) is 5.48. The maximum atomic E-state index is 12.7. The fraction of sp³-hybridized carbons (Fsp3) is 0.0556. The Morgan fingerprint density at radius 2 is 2.15 bits per heavy atom. The van der Waals surface area contributed by atoms with Crippen molar-refractivity contribution >= 4 is 34.2 Å². The highest BCUT2D eigenvalue weighted by atomic mass is 35.5. The lowest BCUT2D eigenvalue weighted by Gasteiger charge is -2.10. The highest BCUT2D eigenvalue weighted by Crippen LogP contribution is 2.35. The molecule has 1 amide bonds. The van der Waals surface area contributed by atoms with Gasteiger partial charge in [-0.3, -0.25) is 14.9 Å². The molecule has 26 heavy (non-hydrogen) atoms. The quantitative estimate of drug-likeness (QED) is 0.565. The number of nitrogens with one attached hydrogen (secondary N) is 2. The third-order valence-electron chi connectivity index (χ3n) is 3.92. The number of nitrogens with zero attached hydrogens (tertiary/aromatic N) is 2. The minimum atomic E-state index is -0.360. The van der Waals surface area contributed by atoms with E-state index in [1.807, 2.05) is 0 Å². The summed E-state index contributed by atoms with van der Waals surface area (Å²) < 4.78 is 10.8. The van der Waals surface area contributed by atoms with Gasteiger partial charge in [0.25, 0.3) is 5.91 Å². The minimum absolute atomic E-state index is 0.331. The van der Waals surface area contributed by atoms with E-state index in [0.29, 0.717) is 38.9 Å². The summed E-state index contributed by atoms with van der Waals surface area (Å²) in [5.74, 6) is 0.241. The minimum Gasteiger partial charge on any atom is -0.496 e. The number of ether oxygens (including phenoxy) is 1. The molecule has 2 N–H and O–H groups in total. The van der Waals surface area contributed by atoms with Crippen molar-refractivity contribution in [1.29, 1.82) is 0 Å². The van der Waals surface area contributed by atoms with Gasteiger partial charge in [0.05, 0.1) is 31.0 Å². The van der Waals surface area contributed by atoms with E-state index >= 15 is 0 Å². The number of furan rings is 1. The zero-order valence-electron chi connectivity index (χ0n) is 13.6. The van der Waals surface area contributed by atoms with Crippen molar-refractivity contribution in [2.45, 2.75) is 0 Å². The fourth-order valence-electron chi connectivity index (χ4n) is 2.70. The summed E-state index contributed by atoms with van der Waals surface area (Å²) in [5.41, 5.74) is 2.55. The molecule has 0 atom stereocenters. The Bertz CT molecular complexity index is 1100. The Labute approximate surface area is 152 Å². The molecular weight excluding hydrogens is 356 g/mol. The molecule has 4 aromatic rings. The molecule has 8 heteroatoms. The van der Waals surface area contributed by atoms with Gasteiger partial charge in [-0.05, 0) is 24.3 Å². The molecule has 0 spiro atoms. The number of hydrogen-bond acceptors (Lipinski definition) is 5. The second-order valence-corrected chi connectivity index (χ2v) is 5.92. The third-order valence-corrected chi connectivity index (χ3v) is 4.16. The van der Waals surface area contributed by atoms with Crippen molar-refractivity contribution in [1.82, 2.24) is 15.2 Å². The summed E-state index contributed by atoms with van der Waals surface area (Å²) in [6.45, 7) is 0. The lowest BCUT2D eigenvalue weighted by molar-refractivity contribution is 0.102. The first kappa shape index (κ1) is 16.2. The number of fused-ring (bicyclic) bond motifs is 1. The number of benzene rings is 1. The van der Waals surface area contributed by atoms with E-state index in [1.165, 1.54) is 18.7 Å². The SMILES string of the molecule is COc1ccc(Cl)cc1-c1[nH]ncc1NC(=O)c1cncc2ccoc12. The van der Waals surface area contributed by atoms with Gasteiger partial charge < -0.3 is 14.5 Å². The molecule has 0 unspecified atom stereocenters. The molecule has 1 aromatic carbocycles. The average molecular weight is 369 g/mol. The van der Waals surface area contributed by atoms with Crippen molar-refractivity contribution in [3.05, 3.63) is 59.7 Å². The predicted octanol–water partition coefficient (Wildman–Crippen LogP) is 4.13. The molecule has 0 aliphatic heterocycles. The van der Waals surface area contributed by atoms with Gasteiger partial charge in [-0.15, -0.1) is 0 Å². The number of rotatable bonds is 4. The van der Waals surface area contributed by atoms with Crippen molar-refractivity contribution < 1.29 is 13.9 Å². The Hall–Kier alpha value is -3.32. The van der Waals surface area contributed by atoms with E-state index in [1.54, 1.807) is 37.6 Å². The Morgan fingerprint density at radius 1 is 1.27 bits per heavy atom. The maximum absolute atomic E-state index is 12.7. The first-order chi connectivity index (χ1) is 12.7. The van der Waals surface area contributed by atoms with E-state index < -0.39 is 0 Å². The summed E-state index contributed by atoms with van der Waals surface area (Å²) in [4.78, 5) is 16.8. The van der Waals surface area contributed by atoms with Crippen LogP contribution in [-0.2, 0) is 0 Å². The first-order valence-electron chi connectivity index (χ1n) is 7.67. The van der Waals surface area contributed by atoms with Crippen LogP contribution < -0.4 is 10.1 Å². The van der Waals surface area contributed by atoms with Gasteiger partial charge in [0.1, 0.15) is 16.9 Å². The number of amides is 1. The van der Waals surface area contributed by atoms with Gasteiger partial charge in [-0.2, -0.15) is 5.10 Å². The predicted molar refractivity (Wildman–Crippen MR) is 97.5 cm³/mol. The largest absolute Gasteiger partial charge is 0.496 e. The van der Waals surface area contributed by atoms with Crippen LogP contribution in [-0.4, -0.2) is 28.2 Å². The summed E-state index contributed by atoms with van der Waals surface area (Å²) in [6, 6.07) is 6.96. The first-order valence-corrected chi connectivity index (χ1v) is 8.05. The van der Waals surface area contributed by atoms with E-state index in [0.717, 1.165) is 5.39 Å². The number of methoxy groups -OCH3 is 1. The van der Waals surface area contributed by atoms with E-state index in [4.69, 9.17) is 20.8 Å². The van der Waals surface area contributed by atoms with E-state index in [9.17, 15) is 4.79 Å². The van der Waals surface area contributed by atoms with E-state index in [-0.39, 0.29) is 5.91 Å². The second kappa shape index (κ2) is 6.53. The number of aromatic nitrogens is 3. The molecule has 3 heterocycles. The molecule has 7 nitrogen and oxygen atoms in total. The number of halogens is 1. The van der Waals surface area contributed by atoms with Crippen molar-refractivity contribution in [3.63, 3.8) is 0 Å². The van der Waals surface area contributed by atoms with Crippen LogP contribution in [0.1, 0.15) is 10.4 Å². The van der Waals surface area contributed by atoms with Crippen LogP contribution in [0, 0.1) is 0 Å².